The van der Waals surface area contributed by atoms with Crippen LogP contribution in [0.3, 0.4) is 0 Å². The molecule has 1 saturated carbocycles. The van der Waals surface area contributed by atoms with Crippen molar-refractivity contribution in [2.24, 2.45) is 5.92 Å². The van der Waals surface area contributed by atoms with E-state index in [4.69, 9.17) is 0 Å². The predicted octanol–water partition coefficient (Wildman–Crippen LogP) is 3.16. The van der Waals surface area contributed by atoms with Crippen LogP contribution in [0.15, 0.2) is 24.3 Å². The van der Waals surface area contributed by atoms with Gasteiger partial charge in [0.1, 0.15) is 0 Å². The van der Waals surface area contributed by atoms with Gasteiger partial charge in [-0.3, -0.25) is 10.1 Å². The van der Waals surface area contributed by atoms with Gasteiger partial charge in [0, 0.05) is 24.7 Å². The number of rotatable bonds is 4. The molecule has 0 heterocycles. The lowest BCUT2D eigenvalue weighted by Crippen LogP contribution is -2.34. The molecule has 2 rings (SSSR count). The van der Waals surface area contributed by atoms with Gasteiger partial charge in [0.25, 0.3) is 5.69 Å². The van der Waals surface area contributed by atoms with Crippen LogP contribution >= 0.6 is 0 Å². The average Bonchev–Trinajstić information content (AvgIpc) is 2.70. The Labute approximate surface area is 118 Å². The van der Waals surface area contributed by atoms with Crippen LogP contribution in [0.2, 0.25) is 0 Å². The molecular weight excluding hydrogens is 254 g/mol. The van der Waals surface area contributed by atoms with Crippen LogP contribution in [0.1, 0.15) is 37.7 Å². The first-order valence-corrected chi connectivity index (χ1v) is 7.07. The Hall–Kier alpha value is -1.93. The lowest BCUT2D eigenvalue weighted by atomic mass is 9.96. The van der Waals surface area contributed by atoms with E-state index >= 15 is 0 Å². The van der Waals surface area contributed by atoms with Gasteiger partial charge in [0.05, 0.1) is 16.9 Å². The predicted molar refractivity (Wildman–Crippen MR) is 75.9 cm³/mol. The molecule has 1 fully saturated rings. The molecule has 1 aliphatic carbocycles. The van der Waals surface area contributed by atoms with Gasteiger partial charge in [-0.15, -0.1) is 0 Å². The molecule has 2 atom stereocenters. The monoisotopic (exact) mass is 273 g/mol. The molecular formula is C15H19N3O2. The quantitative estimate of drug-likeness (QED) is 0.519. The zero-order valence-corrected chi connectivity index (χ0v) is 11.4. The van der Waals surface area contributed by atoms with Crippen molar-refractivity contribution in [2.45, 2.75) is 44.7 Å². The molecule has 5 nitrogen and oxygen atoms in total. The van der Waals surface area contributed by atoms with Crippen molar-refractivity contribution >= 4 is 5.69 Å². The van der Waals surface area contributed by atoms with E-state index in [1.165, 1.54) is 18.6 Å². The van der Waals surface area contributed by atoms with Gasteiger partial charge in [0.2, 0.25) is 0 Å². The van der Waals surface area contributed by atoms with E-state index in [0.29, 0.717) is 6.54 Å². The van der Waals surface area contributed by atoms with E-state index in [9.17, 15) is 15.4 Å². The molecule has 20 heavy (non-hydrogen) atoms. The summed E-state index contributed by atoms with van der Waals surface area (Å²) in [6.45, 7) is 0.654. The molecule has 0 aromatic heterocycles. The molecule has 1 aliphatic rings. The fraction of sp³-hybridized carbons (Fsp3) is 0.533. The van der Waals surface area contributed by atoms with Crippen LogP contribution in [-0.2, 0) is 6.54 Å². The molecule has 2 unspecified atom stereocenters. The summed E-state index contributed by atoms with van der Waals surface area (Å²) in [6, 6.07) is 9.21. The van der Waals surface area contributed by atoms with Crippen LogP contribution in [0.5, 0.6) is 0 Å². The molecule has 1 N–H and O–H groups in total. The minimum absolute atomic E-state index is 0.0792. The fourth-order valence-electron chi connectivity index (χ4n) is 2.69. The summed E-state index contributed by atoms with van der Waals surface area (Å²) in [6.07, 6.45) is 5.50. The van der Waals surface area contributed by atoms with E-state index in [2.05, 4.69) is 11.4 Å². The lowest BCUT2D eigenvalue weighted by Gasteiger charge is -2.20. The number of nitriles is 1. The third-order valence-electron chi connectivity index (χ3n) is 3.90. The number of nitro groups is 1. The van der Waals surface area contributed by atoms with Gasteiger partial charge in [-0.2, -0.15) is 5.26 Å². The SMILES string of the molecule is N#CC1CCCCCC1NCc1ccc([N+](=O)[O-])cc1. The molecule has 0 radical (unpaired) electrons. The van der Waals surface area contributed by atoms with Crippen LogP contribution in [0, 0.1) is 27.4 Å². The summed E-state index contributed by atoms with van der Waals surface area (Å²) in [5, 5.41) is 23.2. The maximum atomic E-state index is 10.6. The Balaban J connectivity index is 1.93. The number of benzene rings is 1. The fourth-order valence-corrected chi connectivity index (χ4v) is 2.69. The molecule has 106 valence electrons. The second-order valence-electron chi connectivity index (χ2n) is 5.28. The molecule has 0 saturated heterocycles. The van der Waals surface area contributed by atoms with E-state index in [-0.39, 0.29) is 17.6 Å². The van der Waals surface area contributed by atoms with Gasteiger partial charge < -0.3 is 5.32 Å². The topological polar surface area (TPSA) is 79.0 Å². The summed E-state index contributed by atoms with van der Waals surface area (Å²) in [4.78, 5) is 10.2. The molecule has 0 aliphatic heterocycles. The Morgan fingerprint density at radius 1 is 1.25 bits per heavy atom. The van der Waals surface area contributed by atoms with E-state index < -0.39 is 4.92 Å². The van der Waals surface area contributed by atoms with E-state index in [1.807, 2.05) is 0 Å². The van der Waals surface area contributed by atoms with Gasteiger partial charge >= 0.3 is 0 Å². The van der Waals surface area contributed by atoms with Crippen LogP contribution in [-0.4, -0.2) is 11.0 Å². The van der Waals surface area contributed by atoms with Crippen molar-refractivity contribution in [1.29, 1.82) is 5.26 Å². The summed E-state index contributed by atoms with van der Waals surface area (Å²) in [7, 11) is 0. The summed E-state index contributed by atoms with van der Waals surface area (Å²) >= 11 is 0. The van der Waals surface area contributed by atoms with Crippen molar-refractivity contribution in [3.63, 3.8) is 0 Å². The first kappa shape index (κ1) is 14.5. The maximum Gasteiger partial charge on any atom is 0.269 e. The third kappa shape index (κ3) is 3.78. The van der Waals surface area contributed by atoms with Crippen LogP contribution in [0.4, 0.5) is 5.69 Å². The van der Waals surface area contributed by atoms with Gasteiger partial charge in [0.15, 0.2) is 0 Å². The highest BCUT2D eigenvalue weighted by molar-refractivity contribution is 5.32. The van der Waals surface area contributed by atoms with E-state index in [1.54, 1.807) is 12.1 Å². The van der Waals surface area contributed by atoms with Crippen molar-refractivity contribution in [1.82, 2.24) is 5.32 Å². The highest BCUT2D eigenvalue weighted by Gasteiger charge is 2.22. The van der Waals surface area contributed by atoms with Crippen LogP contribution < -0.4 is 5.32 Å². The Kier molecular flexibility index (Phi) is 5.08. The first-order chi connectivity index (χ1) is 9.70. The summed E-state index contributed by atoms with van der Waals surface area (Å²) < 4.78 is 0. The van der Waals surface area contributed by atoms with Gasteiger partial charge in [-0.1, -0.05) is 31.4 Å². The molecule has 1 aromatic carbocycles. The van der Waals surface area contributed by atoms with Crippen molar-refractivity contribution < 1.29 is 4.92 Å². The third-order valence-corrected chi connectivity index (χ3v) is 3.90. The largest absolute Gasteiger partial charge is 0.309 e. The zero-order valence-electron chi connectivity index (χ0n) is 11.4. The van der Waals surface area contributed by atoms with Crippen molar-refractivity contribution in [3.05, 3.63) is 39.9 Å². The minimum Gasteiger partial charge on any atom is -0.309 e. The molecule has 0 spiro atoms. The average molecular weight is 273 g/mol. The Morgan fingerprint density at radius 2 is 1.95 bits per heavy atom. The normalized spacial score (nSPS) is 22.8. The van der Waals surface area contributed by atoms with Crippen LogP contribution in [0.25, 0.3) is 0 Å². The smallest absolute Gasteiger partial charge is 0.269 e. The zero-order chi connectivity index (χ0) is 14.4. The van der Waals surface area contributed by atoms with Gasteiger partial charge in [-0.25, -0.2) is 0 Å². The Bertz CT molecular complexity index is 493. The van der Waals surface area contributed by atoms with Gasteiger partial charge in [-0.05, 0) is 18.4 Å². The maximum absolute atomic E-state index is 10.6. The molecule has 0 bridgehead atoms. The second kappa shape index (κ2) is 7.01. The molecule has 1 aromatic rings. The number of hydrogen-bond donors (Lipinski definition) is 1. The lowest BCUT2D eigenvalue weighted by molar-refractivity contribution is -0.384. The van der Waals surface area contributed by atoms with Crippen molar-refractivity contribution in [3.8, 4) is 6.07 Å². The number of hydrogen-bond acceptors (Lipinski definition) is 4. The second-order valence-corrected chi connectivity index (χ2v) is 5.28. The number of nitrogens with one attached hydrogen (secondary N) is 1. The molecule has 0 amide bonds. The first-order valence-electron chi connectivity index (χ1n) is 7.07. The number of non-ortho nitro benzene ring substituents is 1. The number of nitrogens with zero attached hydrogens (tertiary/aromatic N) is 2. The molecule has 5 heteroatoms. The Morgan fingerprint density at radius 3 is 2.60 bits per heavy atom. The van der Waals surface area contributed by atoms with Crippen molar-refractivity contribution in [2.75, 3.05) is 0 Å². The summed E-state index contributed by atoms with van der Waals surface area (Å²) in [5.41, 5.74) is 1.12. The summed E-state index contributed by atoms with van der Waals surface area (Å²) in [5.74, 6) is 0.0792. The number of nitro benzene ring substituents is 1. The highest BCUT2D eigenvalue weighted by Crippen LogP contribution is 2.23. The van der Waals surface area contributed by atoms with E-state index in [0.717, 1.165) is 31.2 Å². The highest BCUT2D eigenvalue weighted by atomic mass is 16.6. The standard InChI is InChI=1S/C15H19N3O2/c16-10-13-4-2-1-3-5-15(13)17-11-12-6-8-14(9-7-12)18(19)20/h6-9,13,15,17H,1-5,11H2. The minimum atomic E-state index is -0.395.